The Morgan fingerprint density at radius 2 is 2.00 bits per heavy atom. The number of likely N-dealkylation sites (N-methyl/N-ethyl adjacent to an activating group) is 1. The third-order valence-electron chi connectivity index (χ3n) is 3.84. The van der Waals surface area contributed by atoms with Gasteiger partial charge < -0.3 is 5.32 Å². The molecule has 0 aromatic rings. The average molecular weight is 212 g/mol. The number of likely N-dealkylation sites (tertiary alicyclic amines) is 1. The first-order valence-electron chi connectivity index (χ1n) is 6.59. The number of hydrogen-bond donors (Lipinski definition) is 1. The van der Waals surface area contributed by atoms with E-state index in [9.17, 15) is 0 Å². The molecule has 0 aromatic carbocycles. The summed E-state index contributed by atoms with van der Waals surface area (Å²) in [5.41, 5.74) is 0. The summed E-state index contributed by atoms with van der Waals surface area (Å²) in [5.74, 6) is 0.876. The molecule has 0 amide bonds. The molecule has 1 fully saturated rings. The molecule has 4 unspecified atom stereocenters. The van der Waals surface area contributed by atoms with Gasteiger partial charge >= 0.3 is 0 Å². The molecule has 1 heterocycles. The minimum atomic E-state index is 0.655. The second-order valence-electron chi connectivity index (χ2n) is 5.20. The van der Waals surface area contributed by atoms with Crippen molar-refractivity contribution < 1.29 is 0 Å². The minimum Gasteiger partial charge on any atom is -0.313 e. The van der Waals surface area contributed by atoms with Gasteiger partial charge in [0.05, 0.1) is 0 Å². The van der Waals surface area contributed by atoms with Gasteiger partial charge in [0.2, 0.25) is 0 Å². The van der Waals surface area contributed by atoms with Gasteiger partial charge in [-0.1, -0.05) is 20.8 Å². The van der Waals surface area contributed by atoms with Crippen molar-refractivity contribution in [3.63, 3.8) is 0 Å². The lowest BCUT2D eigenvalue weighted by Gasteiger charge is -2.34. The van der Waals surface area contributed by atoms with Gasteiger partial charge in [0.15, 0.2) is 0 Å². The summed E-state index contributed by atoms with van der Waals surface area (Å²) in [6, 6.07) is 2.10. The molecule has 1 aliphatic heterocycles. The monoisotopic (exact) mass is 212 g/mol. The van der Waals surface area contributed by atoms with Crippen LogP contribution in [0.3, 0.4) is 0 Å². The van der Waals surface area contributed by atoms with Crippen molar-refractivity contribution in [3.05, 3.63) is 0 Å². The second kappa shape index (κ2) is 5.86. The maximum atomic E-state index is 3.60. The minimum absolute atomic E-state index is 0.655. The largest absolute Gasteiger partial charge is 0.313 e. The summed E-state index contributed by atoms with van der Waals surface area (Å²) in [4.78, 5) is 2.68. The highest BCUT2D eigenvalue weighted by Gasteiger charge is 2.32. The van der Waals surface area contributed by atoms with Gasteiger partial charge in [0.25, 0.3) is 0 Å². The Morgan fingerprint density at radius 1 is 1.33 bits per heavy atom. The predicted molar refractivity (Wildman–Crippen MR) is 67.2 cm³/mol. The zero-order valence-corrected chi connectivity index (χ0v) is 11.1. The molecule has 4 atom stereocenters. The smallest absolute Gasteiger partial charge is 0.0223 e. The molecule has 2 nitrogen and oxygen atoms in total. The summed E-state index contributed by atoms with van der Waals surface area (Å²) >= 11 is 0. The predicted octanol–water partition coefficient (Wildman–Crippen LogP) is 2.49. The van der Waals surface area contributed by atoms with Gasteiger partial charge in [-0.05, 0) is 39.2 Å². The molecular formula is C13H28N2. The van der Waals surface area contributed by atoms with Crippen molar-refractivity contribution in [2.45, 2.75) is 65.6 Å². The van der Waals surface area contributed by atoms with Gasteiger partial charge in [-0.2, -0.15) is 0 Å². The van der Waals surface area contributed by atoms with Crippen molar-refractivity contribution in [2.24, 2.45) is 5.92 Å². The molecule has 0 bridgehead atoms. The maximum Gasteiger partial charge on any atom is 0.0223 e. The molecule has 0 aromatic heterocycles. The molecule has 1 N–H and O–H groups in total. The molecule has 90 valence electrons. The van der Waals surface area contributed by atoms with E-state index in [0.29, 0.717) is 12.1 Å². The van der Waals surface area contributed by atoms with E-state index >= 15 is 0 Å². The quantitative estimate of drug-likeness (QED) is 0.753. The first-order valence-corrected chi connectivity index (χ1v) is 6.59. The van der Waals surface area contributed by atoms with Crippen molar-refractivity contribution in [3.8, 4) is 0 Å². The molecule has 15 heavy (non-hydrogen) atoms. The molecule has 1 rings (SSSR count). The lowest BCUT2D eigenvalue weighted by Crippen LogP contribution is -2.49. The Morgan fingerprint density at radius 3 is 2.40 bits per heavy atom. The first-order chi connectivity index (χ1) is 7.10. The number of hydrogen-bond acceptors (Lipinski definition) is 2. The van der Waals surface area contributed by atoms with Crippen molar-refractivity contribution in [2.75, 3.05) is 13.1 Å². The third kappa shape index (κ3) is 3.18. The van der Waals surface area contributed by atoms with Gasteiger partial charge in [-0.15, -0.1) is 0 Å². The van der Waals surface area contributed by atoms with Crippen LogP contribution in [0.2, 0.25) is 0 Å². The topological polar surface area (TPSA) is 15.3 Å². The highest BCUT2D eigenvalue weighted by atomic mass is 15.2. The van der Waals surface area contributed by atoms with E-state index in [1.54, 1.807) is 0 Å². The van der Waals surface area contributed by atoms with E-state index < -0.39 is 0 Å². The lowest BCUT2D eigenvalue weighted by atomic mass is 10.0. The van der Waals surface area contributed by atoms with E-state index in [2.05, 4.69) is 44.8 Å². The zero-order valence-electron chi connectivity index (χ0n) is 11.1. The lowest BCUT2D eigenvalue weighted by molar-refractivity contribution is 0.158. The van der Waals surface area contributed by atoms with Gasteiger partial charge in [-0.3, -0.25) is 4.90 Å². The zero-order chi connectivity index (χ0) is 11.4. The van der Waals surface area contributed by atoms with Gasteiger partial charge in [0.1, 0.15) is 0 Å². The van der Waals surface area contributed by atoms with Gasteiger partial charge in [0, 0.05) is 24.7 Å². The molecule has 1 aliphatic rings. The van der Waals surface area contributed by atoms with Crippen LogP contribution in [0.4, 0.5) is 0 Å². The van der Waals surface area contributed by atoms with Crippen LogP contribution < -0.4 is 5.32 Å². The fraction of sp³-hybridized carbons (Fsp3) is 1.00. The summed E-state index contributed by atoms with van der Waals surface area (Å²) < 4.78 is 0. The van der Waals surface area contributed by atoms with Gasteiger partial charge in [-0.25, -0.2) is 0 Å². The molecule has 0 saturated carbocycles. The van der Waals surface area contributed by atoms with Crippen LogP contribution in [-0.4, -0.2) is 36.1 Å². The maximum absolute atomic E-state index is 3.60. The Hall–Kier alpha value is -0.0800. The molecule has 0 spiro atoms. The van der Waals surface area contributed by atoms with Crippen LogP contribution in [0.1, 0.15) is 47.5 Å². The number of rotatable bonds is 5. The summed E-state index contributed by atoms with van der Waals surface area (Å²) in [7, 11) is 0. The average Bonchev–Trinajstić information content (AvgIpc) is 2.53. The Kier molecular flexibility index (Phi) is 5.07. The normalized spacial score (nSPS) is 31.8. The van der Waals surface area contributed by atoms with Crippen molar-refractivity contribution in [1.82, 2.24) is 10.2 Å². The van der Waals surface area contributed by atoms with Crippen molar-refractivity contribution in [1.29, 1.82) is 0 Å². The Bertz CT molecular complexity index is 181. The Balaban J connectivity index is 2.53. The first kappa shape index (κ1) is 13.0. The number of nitrogens with one attached hydrogen (secondary N) is 1. The molecule has 0 radical (unpaired) electrons. The number of nitrogens with zero attached hydrogens (tertiary/aromatic N) is 1. The Labute approximate surface area is 95.4 Å². The van der Waals surface area contributed by atoms with E-state index in [-0.39, 0.29) is 0 Å². The van der Waals surface area contributed by atoms with Crippen molar-refractivity contribution >= 4 is 0 Å². The fourth-order valence-electron chi connectivity index (χ4n) is 3.05. The summed E-state index contributed by atoms with van der Waals surface area (Å²) in [6.45, 7) is 14.0. The van der Waals surface area contributed by atoms with E-state index in [0.717, 1.165) is 18.5 Å². The SMILES string of the molecule is CCNC(CC)C(C)N1CC(C)CC1C. The standard InChI is InChI=1S/C13H28N2/c1-6-13(14-7-2)12(5)15-9-10(3)8-11(15)4/h10-14H,6-9H2,1-5H3. The second-order valence-corrected chi connectivity index (χ2v) is 5.20. The molecular weight excluding hydrogens is 184 g/mol. The highest BCUT2D eigenvalue weighted by molar-refractivity contribution is 4.88. The third-order valence-corrected chi connectivity index (χ3v) is 3.84. The van der Waals surface area contributed by atoms with Crippen LogP contribution in [0.15, 0.2) is 0 Å². The van der Waals surface area contributed by atoms with Crippen LogP contribution in [0, 0.1) is 5.92 Å². The van der Waals surface area contributed by atoms with E-state index in [1.807, 2.05) is 0 Å². The van der Waals surface area contributed by atoms with E-state index in [1.165, 1.54) is 19.4 Å². The highest BCUT2D eigenvalue weighted by Crippen LogP contribution is 2.26. The summed E-state index contributed by atoms with van der Waals surface area (Å²) in [5, 5.41) is 3.60. The van der Waals surface area contributed by atoms with E-state index in [4.69, 9.17) is 0 Å². The van der Waals surface area contributed by atoms with Crippen LogP contribution in [-0.2, 0) is 0 Å². The molecule has 0 aliphatic carbocycles. The van der Waals surface area contributed by atoms with Crippen LogP contribution in [0.5, 0.6) is 0 Å². The fourth-order valence-corrected chi connectivity index (χ4v) is 3.05. The van der Waals surface area contributed by atoms with Crippen LogP contribution in [0.25, 0.3) is 0 Å². The summed E-state index contributed by atoms with van der Waals surface area (Å²) in [6.07, 6.45) is 2.60. The van der Waals surface area contributed by atoms with Crippen LogP contribution >= 0.6 is 0 Å². The molecule has 1 saturated heterocycles. The molecule has 2 heteroatoms.